The van der Waals surface area contributed by atoms with E-state index in [0.29, 0.717) is 19.1 Å². The van der Waals surface area contributed by atoms with Crippen molar-refractivity contribution in [1.82, 2.24) is 0 Å². The molecule has 0 spiro atoms. The van der Waals surface area contributed by atoms with Gasteiger partial charge in [0, 0.05) is 33.2 Å². The number of epoxide rings is 1. The molecule has 0 radical (unpaired) electrons. The van der Waals surface area contributed by atoms with E-state index in [1.165, 1.54) is 0 Å². The lowest BCUT2D eigenvalue weighted by atomic mass is 10.1. The molecule has 2 atom stereocenters. The maximum absolute atomic E-state index is 14.1. The molecule has 1 aliphatic heterocycles. The van der Waals surface area contributed by atoms with Crippen LogP contribution < -0.4 is 0 Å². The van der Waals surface area contributed by atoms with Crippen molar-refractivity contribution in [2.24, 2.45) is 0 Å². The number of hydrogen-bond donors (Lipinski definition) is 1. The normalized spacial score (nSPS) is 19.0. The number of alkyl halides is 4. The standard InChI is InChI=1S/C21H42F4O4Si2/c1-6-19(29-17-21(24,25)9-8-20(22,23)16-26)31(4,5)13-12-30(2,3)11-7-10-27-14-18-15-28-18/h18-19,26H,6-17H2,1-5H3. The smallest absolute Gasteiger partial charge is 0.271 e. The van der Waals surface area contributed by atoms with Crippen molar-refractivity contribution in [3.63, 3.8) is 0 Å². The third-order valence-corrected chi connectivity index (χ3v) is 13.8. The predicted molar refractivity (Wildman–Crippen MR) is 121 cm³/mol. The minimum Gasteiger partial charge on any atom is -0.390 e. The van der Waals surface area contributed by atoms with Crippen molar-refractivity contribution in [3.8, 4) is 0 Å². The molecule has 0 bridgehead atoms. The van der Waals surface area contributed by atoms with Gasteiger partial charge in [-0.15, -0.1) is 0 Å². The zero-order chi connectivity index (χ0) is 23.8. The Hall–Kier alpha value is -0.00623. The third kappa shape index (κ3) is 12.7. The molecule has 1 fully saturated rings. The molecule has 1 rings (SSSR count). The minimum absolute atomic E-state index is 0.233. The summed E-state index contributed by atoms with van der Waals surface area (Å²) in [7, 11) is -3.34. The van der Waals surface area contributed by atoms with Crippen LogP contribution in [0.5, 0.6) is 0 Å². The highest BCUT2D eigenvalue weighted by Crippen LogP contribution is 2.32. The van der Waals surface area contributed by atoms with Gasteiger partial charge in [-0.1, -0.05) is 51.2 Å². The largest absolute Gasteiger partial charge is 0.390 e. The molecular formula is C21H42F4O4Si2. The van der Waals surface area contributed by atoms with Gasteiger partial charge in [0.1, 0.15) is 19.3 Å². The SMILES string of the molecule is CCC(OCC(F)(F)CCC(F)(F)CO)[Si](C)(C)CC[Si](C)(C)CCCOCC1CO1. The van der Waals surface area contributed by atoms with Crippen LogP contribution in [0.25, 0.3) is 0 Å². The number of rotatable bonds is 18. The monoisotopic (exact) mass is 490 g/mol. The summed E-state index contributed by atoms with van der Waals surface area (Å²) in [5, 5.41) is 8.55. The highest BCUT2D eigenvalue weighted by Gasteiger charge is 2.39. The maximum Gasteiger partial charge on any atom is 0.271 e. The van der Waals surface area contributed by atoms with Crippen LogP contribution in [0.1, 0.15) is 32.6 Å². The minimum atomic E-state index is -3.48. The Balaban J connectivity index is 2.41. The number of hydrogen-bond acceptors (Lipinski definition) is 4. The number of halogens is 4. The van der Waals surface area contributed by atoms with E-state index in [2.05, 4.69) is 26.2 Å². The van der Waals surface area contributed by atoms with Crippen LogP contribution in [0, 0.1) is 0 Å². The summed E-state index contributed by atoms with van der Waals surface area (Å²) in [6.45, 7) is 11.0. The van der Waals surface area contributed by atoms with Crippen molar-refractivity contribution in [1.29, 1.82) is 0 Å². The highest BCUT2D eigenvalue weighted by molar-refractivity contribution is 6.83. The third-order valence-electron chi connectivity index (χ3n) is 6.12. The molecule has 0 saturated carbocycles. The van der Waals surface area contributed by atoms with Crippen LogP contribution >= 0.6 is 0 Å². The van der Waals surface area contributed by atoms with Gasteiger partial charge in [-0.2, -0.15) is 0 Å². The first-order chi connectivity index (χ1) is 14.2. The summed E-state index contributed by atoms with van der Waals surface area (Å²) < 4.78 is 70.7. The van der Waals surface area contributed by atoms with Gasteiger partial charge < -0.3 is 19.3 Å². The molecule has 186 valence electrons. The van der Waals surface area contributed by atoms with E-state index in [9.17, 15) is 17.6 Å². The summed E-state index contributed by atoms with van der Waals surface area (Å²) in [6, 6.07) is 3.30. The van der Waals surface area contributed by atoms with Crippen molar-refractivity contribution >= 4 is 16.1 Å². The second-order valence-corrected chi connectivity index (χ2v) is 20.8. The zero-order valence-electron chi connectivity index (χ0n) is 19.8. The van der Waals surface area contributed by atoms with E-state index >= 15 is 0 Å². The predicted octanol–water partition coefficient (Wildman–Crippen LogP) is 5.59. The van der Waals surface area contributed by atoms with Gasteiger partial charge in [0.25, 0.3) is 11.8 Å². The molecule has 1 heterocycles. The van der Waals surface area contributed by atoms with Crippen LogP contribution in [0.2, 0.25) is 44.3 Å². The van der Waals surface area contributed by atoms with E-state index in [1.54, 1.807) is 0 Å². The molecular weight excluding hydrogens is 448 g/mol. The van der Waals surface area contributed by atoms with E-state index in [-0.39, 0.29) is 5.73 Å². The van der Waals surface area contributed by atoms with E-state index in [4.69, 9.17) is 19.3 Å². The Bertz CT molecular complexity index is 518. The second-order valence-electron chi connectivity index (χ2n) is 10.4. The molecule has 0 aromatic rings. The molecule has 0 aromatic heterocycles. The lowest BCUT2D eigenvalue weighted by Crippen LogP contribution is -2.46. The summed E-state index contributed by atoms with van der Waals surface area (Å²) in [5.41, 5.74) is -0.233. The molecule has 1 saturated heterocycles. The Morgan fingerprint density at radius 2 is 1.65 bits per heavy atom. The molecule has 31 heavy (non-hydrogen) atoms. The van der Waals surface area contributed by atoms with Gasteiger partial charge in [-0.25, -0.2) is 17.6 Å². The average Bonchev–Trinajstić information content (AvgIpc) is 3.50. The van der Waals surface area contributed by atoms with Crippen molar-refractivity contribution < 1.29 is 36.9 Å². The lowest BCUT2D eigenvalue weighted by Gasteiger charge is -2.35. The van der Waals surface area contributed by atoms with E-state index < -0.39 is 54.0 Å². The Kier molecular flexibility index (Phi) is 11.7. The first kappa shape index (κ1) is 29.0. The van der Waals surface area contributed by atoms with Crippen LogP contribution in [0.15, 0.2) is 0 Å². The van der Waals surface area contributed by atoms with E-state index in [0.717, 1.165) is 37.8 Å². The lowest BCUT2D eigenvalue weighted by molar-refractivity contribution is -0.119. The van der Waals surface area contributed by atoms with Gasteiger partial charge in [0.15, 0.2) is 0 Å². The fourth-order valence-corrected chi connectivity index (χ4v) is 12.2. The molecule has 1 aliphatic rings. The van der Waals surface area contributed by atoms with Crippen molar-refractivity contribution in [2.45, 2.75) is 101 Å². The number of ether oxygens (including phenoxy) is 3. The molecule has 10 heteroatoms. The van der Waals surface area contributed by atoms with Gasteiger partial charge in [0.05, 0.1) is 21.3 Å². The molecule has 0 amide bonds. The van der Waals surface area contributed by atoms with Crippen LogP contribution in [-0.2, 0) is 14.2 Å². The van der Waals surface area contributed by atoms with E-state index in [1.807, 2.05) is 6.92 Å². The number of aliphatic hydroxyl groups excluding tert-OH is 1. The molecule has 0 aliphatic carbocycles. The van der Waals surface area contributed by atoms with Crippen molar-refractivity contribution in [3.05, 3.63) is 0 Å². The summed E-state index contributed by atoms with van der Waals surface area (Å²) in [6.07, 6.45) is -0.0719. The van der Waals surface area contributed by atoms with Crippen LogP contribution in [0.4, 0.5) is 17.6 Å². The summed E-state index contributed by atoms with van der Waals surface area (Å²) >= 11 is 0. The second kappa shape index (κ2) is 12.5. The Morgan fingerprint density at radius 1 is 1.03 bits per heavy atom. The van der Waals surface area contributed by atoms with Gasteiger partial charge in [-0.3, -0.25) is 0 Å². The first-order valence-corrected chi connectivity index (χ1v) is 18.1. The molecule has 2 unspecified atom stereocenters. The fourth-order valence-electron chi connectivity index (χ4n) is 3.61. The zero-order valence-corrected chi connectivity index (χ0v) is 21.8. The Labute approximate surface area is 187 Å². The first-order valence-electron chi connectivity index (χ1n) is 11.4. The summed E-state index contributed by atoms with van der Waals surface area (Å²) in [4.78, 5) is 0. The topological polar surface area (TPSA) is 51.2 Å². The van der Waals surface area contributed by atoms with Crippen LogP contribution in [-0.4, -0.2) is 78.0 Å². The fraction of sp³-hybridized carbons (Fsp3) is 1.00. The van der Waals surface area contributed by atoms with Crippen LogP contribution in [0.3, 0.4) is 0 Å². The van der Waals surface area contributed by atoms with Gasteiger partial charge in [-0.05, 0) is 12.8 Å². The molecule has 1 N–H and O–H groups in total. The van der Waals surface area contributed by atoms with Gasteiger partial charge >= 0.3 is 0 Å². The highest BCUT2D eigenvalue weighted by atomic mass is 28.3. The van der Waals surface area contributed by atoms with Crippen molar-refractivity contribution in [2.75, 3.05) is 33.0 Å². The van der Waals surface area contributed by atoms with Gasteiger partial charge in [0.2, 0.25) is 0 Å². The number of aliphatic hydroxyl groups is 1. The quantitative estimate of drug-likeness (QED) is 0.118. The maximum atomic E-state index is 14.1. The molecule has 0 aromatic carbocycles. The molecule has 4 nitrogen and oxygen atoms in total. The Morgan fingerprint density at radius 3 is 2.19 bits per heavy atom. The summed E-state index contributed by atoms with van der Waals surface area (Å²) in [5.74, 6) is -6.80. The average molecular weight is 491 g/mol.